The number of ether oxygens (including phenoxy) is 2. The van der Waals surface area contributed by atoms with E-state index in [1.165, 1.54) is 0 Å². The summed E-state index contributed by atoms with van der Waals surface area (Å²) in [4.78, 5) is 11.9. The van der Waals surface area contributed by atoms with Gasteiger partial charge in [-0.15, -0.1) is 0 Å². The van der Waals surface area contributed by atoms with Gasteiger partial charge in [-0.3, -0.25) is 4.79 Å². The molecule has 1 saturated heterocycles. The van der Waals surface area contributed by atoms with Gasteiger partial charge in [0.25, 0.3) is 0 Å². The molecule has 1 aromatic rings. The molecule has 4 heteroatoms. The van der Waals surface area contributed by atoms with Crippen LogP contribution in [0.5, 0.6) is 11.5 Å². The van der Waals surface area contributed by atoms with Gasteiger partial charge >= 0.3 is 0 Å². The van der Waals surface area contributed by atoms with Gasteiger partial charge in [-0.1, -0.05) is 12.1 Å². The Kier molecular flexibility index (Phi) is 3.52. The molecule has 0 spiro atoms. The van der Waals surface area contributed by atoms with Crippen molar-refractivity contribution in [3.8, 4) is 11.5 Å². The van der Waals surface area contributed by atoms with Crippen LogP contribution in [0.15, 0.2) is 18.2 Å². The van der Waals surface area contributed by atoms with Crippen LogP contribution < -0.4 is 14.8 Å². The topological polar surface area (TPSA) is 47.6 Å². The molecular weight excluding hydrogens is 218 g/mol. The van der Waals surface area contributed by atoms with Crippen molar-refractivity contribution in [2.45, 2.75) is 18.8 Å². The number of carbonyl (C=O) groups is 1. The fourth-order valence-corrected chi connectivity index (χ4v) is 2.26. The van der Waals surface area contributed by atoms with Crippen LogP contribution in [0.1, 0.15) is 24.3 Å². The predicted octanol–water partition coefficient (Wildman–Crippen LogP) is 1.70. The van der Waals surface area contributed by atoms with Crippen LogP contribution in [-0.2, 0) is 4.79 Å². The number of benzene rings is 1. The number of rotatable bonds is 3. The van der Waals surface area contributed by atoms with E-state index in [9.17, 15) is 4.79 Å². The molecule has 1 amide bonds. The molecule has 0 saturated carbocycles. The van der Waals surface area contributed by atoms with E-state index in [-0.39, 0.29) is 11.8 Å². The van der Waals surface area contributed by atoms with E-state index >= 15 is 0 Å². The number of piperidine rings is 1. The van der Waals surface area contributed by atoms with Gasteiger partial charge in [0, 0.05) is 12.1 Å². The Morgan fingerprint density at radius 2 is 2.12 bits per heavy atom. The van der Waals surface area contributed by atoms with Crippen molar-refractivity contribution in [2.75, 3.05) is 20.8 Å². The Hall–Kier alpha value is -1.71. The van der Waals surface area contributed by atoms with Crippen LogP contribution in [0.25, 0.3) is 0 Å². The van der Waals surface area contributed by atoms with Crippen molar-refractivity contribution in [1.82, 2.24) is 5.32 Å². The van der Waals surface area contributed by atoms with Crippen molar-refractivity contribution in [2.24, 2.45) is 0 Å². The Balaban J connectivity index is 2.39. The number of methoxy groups -OCH3 is 2. The highest BCUT2D eigenvalue weighted by Crippen LogP contribution is 2.37. The average molecular weight is 235 g/mol. The maximum Gasteiger partial charge on any atom is 0.227 e. The first kappa shape index (κ1) is 11.8. The fraction of sp³-hybridized carbons (Fsp3) is 0.462. The lowest BCUT2D eigenvalue weighted by Crippen LogP contribution is -2.35. The van der Waals surface area contributed by atoms with Crippen LogP contribution >= 0.6 is 0 Å². The summed E-state index contributed by atoms with van der Waals surface area (Å²) in [7, 11) is 3.20. The minimum absolute atomic E-state index is 0.0720. The van der Waals surface area contributed by atoms with Gasteiger partial charge in [-0.25, -0.2) is 0 Å². The number of carbonyl (C=O) groups excluding carboxylic acids is 1. The molecule has 1 heterocycles. The highest BCUT2D eigenvalue weighted by Gasteiger charge is 2.27. The molecule has 0 aliphatic carbocycles. The van der Waals surface area contributed by atoms with Gasteiger partial charge in [0.15, 0.2) is 11.5 Å². The van der Waals surface area contributed by atoms with Crippen molar-refractivity contribution in [3.63, 3.8) is 0 Å². The summed E-state index contributed by atoms with van der Waals surface area (Å²) in [6.45, 7) is 0.765. The summed E-state index contributed by atoms with van der Waals surface area (Å²) in [6.07, 6.45) is 1.85. The average Bonchev–Trinajstić information content (AvgIpc) is 2.38. The first-order valence-corrected chi connectivity index (χ1v) is 5.76. The minimum atomic E-state index is -0.131. The van der Waals surface area contributed by atoms with E-state index in [4.69, 9.17) is 9.47 Å². The minimum Gasteiger partial charge on any atom is -0.493 e. The summed E-state index contributed by atoms with van der Waals surface area (Å²) >= 11 is 0. The molecule has 1 aliphatic heterocycles. The van der Waals surface area contributed by atoms with Crippen molar-refractivity contribution in [1.29, 1.82) is 0 Å². The van der Waals surface area contributed by atoms with Crippen LogP contribution in [0.3, 0.4) is 0 Å². The lowest BCUT2D eigenvalue weighted by molar-refractivity contribution is -0.123. The van der Waals surface area contributed by atoms with E-state index < -0.39 is 0 Å². The third-order valence-electron chi connectivity index (χ3n) is 3.09. The summed E-state index contributed by atoms with van der Waals surface area (Å²) < 4.78 is 10.6. The number of amides is 1. The fourth-order valence-electron chi connectivity index (χ4n) is 2.26. The van der Waals surface area contributed by atoms with E-state index in [1.807, 2.05) is 18.2 Å². The third-order valence-corrected chi connectivity index (χ3v) is 3.09. The van der Waals surface area contributed by atoms with Crippen molar-refractivity contribution in [3.05, 3.63) is 23.8 Å². The Bertz CT molecular complexity index is 417. The SMILES string of the molecule is COc1cccc(C2CCCNC2=O)c1OC. The smallest absolute Gasteiger partial charge is 0.227 e. The second-order valence-corrected chi connectivity index (χ2v) is 4.07. The van der Waals surface area contributed by atoms with Crippen LogP contribution in [0.4, 0.5) is 0 Å². The van der Waals surface area contributed by atoms with E-state index in [1.54, 1.807) is 14.2 Å². The van der Waals surface area contributed by atoms with Gasteiger partial charge < -0.3 is 14.8 Å². The van der Waals surface area contributed by atoms with Crippen LogP contribution in [0.2, 0.25) is 0 Å². The molecule has 1 fully saturated rings. The first-order chi connectivity index (χ1) is 8.27. The highest BCUT2D eigenvalue weighted by molar-refractivity contribution is 5.85. The van der Waals surface area contributed by atoms with E-state index in [0.717, 1.165) is 24.9 Å². The Morgan fingerprint density at radius 1 is 1.29 bits per heavy atom. The van der Waals surface area contributed by atoms with Crippen molar-refractivity contribution >= 4 is 5.91 Å². The molecule has 1 atom stereocenters. The third kappa shape index (κ3) is 2.20. The monoisotopic (exact) mass is 235 g/mol. The quantitative estimate of drug-likeness (QED) is 0.867. The molecule has 1 aromatic carbocycles. The zero-order valence-electron chi connectivity index (χ0n) is 10.2. The van der Waals surface area contributed by atoms with Crippen LogP contribution in [0, 0.1) is 0 Å². The molecule has 0 bridgehead atoms. The van der Waals surface area contributed by atoms with Gasteiger partial charge in [0.05, 0.1) is 20.1 Å². The number of hydrogen-bond acceptors (Lipinski definition) is 3. The zero-order valence-corrected chi connectivity index (χ0v) is 10.2. The van der Waals surface area contributed by atoms with Gasteiger partial charge in [0.1, 0.15) is 0 Å². The van der Waals surface area contributed by atoms with Gasteiger partial charge in [0.2, 0.25) is 5.91 Å². The lowest BCUT2D eigenvalue weighted by atomic mass is 9.90. The lowest BCUT2D eigenvalue weighted by Gasteiger charge is -2.24. The molecule has 0 radical (unpaired) electrons. The molecule has 92 valence electrons. The summed E-state index contributed by atoms with van der Waals surface area (Å²) in [5.74, 6) is 1.28. The summed E-state index contributed by atoms with van der Waals surface area (Å²) in [5.41, 5.74) is 0.907. The molecule has 0 aromatic heterocycles. The number of para-hydroxylation sites is 1. The largest absolute Gasteiger partial charge is 0.493 e. The standard InChI is InChI=1S/C13H17NO3/c1-16-11-7-3-5-9(12(11)17-2)10-6-4-8-14-13(10)15/h3,5,7,10H,4,6,8H2,1-2H3,(H,14,15). The molecule has 1 N–H and O–H groups in total. The maximum absolute atomic E-state index is 11.9. The summed E-state index contributed by atoms with van der Waals surface area (Å²) in [5, 5.41) is 2.88. The normalized spacial score (nSPS) is 19.6. The van der Waals surface area contributed by atoms with Gasteiger partial charge in [-0.2, -0.15) is 0 Å². The van der Waals surface area contributed by atoms with Gasteiger partial charge in [-0.05, 0) is 18.9 Å². The Morgan fingerprint density at radius 3 is 2.76 bits per heavy atom. The molecular formula is C13H17NO3. The second kappa shape index (κ2) is 5.08. The van der Waals surface area contributed by atoms with E-state index in [0.29, 0.717) is 11.5 Å². The molecule has 1 aliphatic rings. The molecule has 17 heavy (non-hydrogen) atoms. The molecule has 1 unspecified atom stereocenters. The Labute approximate surface area is 101 Å². The van der Waals surface area contributed by atoms with Crippen molar-refractivity contribution < 1.29 is 14.3 Å². The zero-order chi connectivity index (χ0) is 12.3. The molecule has 4 nitrogen and oxygen atoms in total. The predicted molar refractivity (Wildman–Crippen MR) is 64.5 cm³/mol. The number of hydrogen-bond donors (Lipinski definition) is 1. The summed E-state index contributed by atoms with van der Waals surface area (Å²) in [6, 6.07) is 5.65. The maximum atomic E-state index is 11.9. The molecule has 2 rings (SSSR count). The second-order valence-electron chi connectivity index (χ2n) is 4.07. The van der Waals surface area contributed by atoms with Crippen LogP contribution in [-0.4, -0.2) is 26.7 Å². The first-order valence-electron chi connectivity index (χ1n) is 5.76. The van der Waals surface area contributed by atoms with E-state index in [2.05, 4.69) is 5.32 Å². The highest BCUT2D eigenvalue weighted by atomic mass is 16.5. The number of nitrogens with one attached hydrogen (secondary N) is 1.